The SMILES string of the molecule is CCC1CCCCN1C(=O)c1cc(F)cc(N)c1F. The minimum absolute atomic E-state index is 0.102. The molecule has 19 heavy (non-hydrogen) atoms. The van der Waals surface area contributed by atoms with Gasteiger partial charge in [0.25, 0.3) is 5.91 Å². The molecule has 1 heterocycles. The van der Waals surface area contributed by atoms with Gasteiger partial charge in [-0.1, -0.05) is 6.92 Å². The molecule has 1 aliphatic rings. The number of nitrogens with zero attached hydrogens (tertiary/aromatic N) is 1. The molecular weight excluding hydrogens is 250 g/mol. The molecule has 1 atom stereocenters. The van der Waals surface area contributed by atoms with Crippen molar-refractivity contribution in [3.63, 3.8) is 0 Å². The highest BCUT2D eigenvalue weighted by Crippen LogP contribution is 2.25. The number of benzene rings is 1. The number of piperidine rings is 1. The topological polar surface area (TPSA) is 46.3 Å². The summed E-state index contributed by atoms with van der Waals surface area (Å²) in [6.07, 6.45) is 3.69. The molecule has 1 amide bonds. The number of anilines is 1. The molecule has 0 saturated carbocycles. The number of nitrogen functional groups attached to an aromatic ring is 1. The Morgan fingerprint density at radius 1 is 1.42 bits per heavy atom. The van der Waals surface area contributed by atoms with Gasteiger partial charge in [-0.15, -0.1) is 0 Å². The lowest BCUT2D eigenvalue weighted by Gasteiger charge is -2.35. The second-order valence-electron chi connectivity index (χ2n) is 4.91. The van der Waals surface area contributed by atoms with Gasteiger partial charge in [0, 0.05) is 12.6 Å². The van der Waals surface area contributed by atoms with Crippen LogP contribution >= 0.6 is 0 Å². The first-order chi connectivity index (χ1) is 9.04. The Hall–Kier alpha value is -1.65. The van der Waals surface area contributed by atoms with E-state index in [4.69, 9.17) is 5.73 Å². The summed E-state index contributed by atoms with van der Waals surface area (Å²) in [6.45, 7) is 2.58. The Labute approximate surface area is 111 Å². The van der Waals surface area contributed by atoms with Crippen LogP contribution in [0.2, 0.25) is 0 Å². The molecule has 1 fully saturated rings. The quantitative estimate of drug-likeness (QED) is 0.838. The van der Waals surface area contributed by atoms with Gasteiger partial charge >= 0.3 is 0 Å². The Morgan fingerprint density at radius 3 is 2.84 bits per heavy atom. The van der Waals surface area contributed by atoms with Crippen molar-refractivity contribution in [2.75, 3.05) is 12.3 Å². The number of carbonyl (C=O) groups excluding carboxylic acids is 1. The van der Waals surface area contributed by atoms with Crippen LogP contribution in [0.1, 0.15) is 43.0 Å². The first-order valence-corrected chi connectivity index (χ1v) is 6.60. The van der Waals surface area contributed by atoms with Crippen LogP contribution in [0.5, 0.6) is 0 Å². The molecule has 0 aromatic heterocycles. The standard InChI is InChI=1S/C14H18F2N2O/c1-2-10-5-3-4-6-18(10)14(19)11-7-9(15)8-12(17)13(11)16/h7-8,10H,2-6,17H2,1H3. The van der Waals surface area contributed by atoms with E-state index in [1.807, 2.05) is 6.92 Å². The van der Waals surface area contributed by atoms with E-state index in [9.17, 15) is 13.6 Å². The zero-order valence-corrected chi connectivity index (χ0v) is 11.0. The highest BCUT2D eigenvalue weighted by molar-refractivity contribution is 5.95. The molecular formula is C14H18F2N2O. The smallest absolute Gasteiger partial charge is 0.257 e. The minimum Gasteiger partial charge on any atom is -0.396 e. The summed E-state index contributed by atoms with van der Waals surface area (Å²) in [7, 11) is 0. The Morgan fingerprint density at radius 2 is 2.16 bits per heavy atom. The zero-order valence-electron chi connectivity index (χ0n) is 11.0. The van der Waals surface area contributed by atoms with E-state index >= 15 is 0 Å². The molecule has 1 aromatic carbocycles. The number of amides is 1. The monoisotopic (exact) mass is 268 g/mol. The van der Waals surface area contributed by atoms with Crippen molar-refractivity contribution in [3.8, 4) is 0 Å². The summed E-state index contributed by atoms with van der Waals surface area (Å²) >= 11 is 0. The first kappa shape index (κ1) is 13.8. The van der Waals surface area contributed by atoms with Crippen molar-refractivity contribution in [1.29, 1.82) is 0 Å². The minimum atomic E-state index is -0.827. The van der Waals surface area contributed by atoms with Gasteiger partial charge < -0.3 is 10.6 Å². The van der Waals surface area contributed by atoms with Crippen LogP contribution in [0.3, 0.4) is 0 Å². The fourth-order valence-electron chi connectivity index (χ4n) is 2.61. The number of hydrogen-bond acceptors (Lipinski definition) is 2. The summed E-state index contributed by atoms with van der Waals surface area (Å²) in [5, 5.41) is 0. The molecule has 1 aliphatic heterocycles. The molecule has 1 aromatic rings. The van der Waals surface area contributed by atoms with E-state index in [0.717, 1.165) is 37.8 Å². The summed E-state index contributed by atoms with van der Waals surface area (Å²) in [5.41, 5.74) is 4.78. The summed E-state index contributed by atoms with van der Waals surface area (Å²) in [4.78, 5) is 14.0. The third-order valence-corrected chi connectivity index (χ3v) is 3.66. The maximum atomic E-state index is 13.9. The maximum absolute atomic E-state index is 13.9. The van der Waals surface area contributed by atoms with Crippen molar-refractivity contribution in [2.45, 2.75) is 38.6 Å². The molecule has 1 saturated heterocycles. The Bertz CT molecular complexity index is 491. The van der Waals surface area contributed by atoms with Crippen molar-refractivity contribution in [1.82, 2.24) is 4.90 Å². The van der Waals surface area contributed by atoms with Crippen LogP contribution in [0.25, 0.3) is 0 Å². The van der Waals surface area contributed by atoms with Gasteiger partial charge in [0.15, 0.2) is 5.82 Å². The van der Waals surface area contributed by atoms with E-state index < -0.39 is 17.5 Å². The molecule has 3 nitrogen and oxygen atoms in total. The molecule has 1 unspecified atom stereocenters. The van der Waals surface area contributed by atoms with Gasteiger partial charge in [0.1, 0.15) is 5.82 Å². The van der Waals surface area contributed by atoms with Crippen LogP contribution in [0, 0.1) is 11.6 Å². The lowest BCUT2D eigenvalue weighted by molar-refractivity contribution is 0.0603. The zero-order chi connectivity index (χ0) is 14.0. The number of halogens is 2. The molecule has 0 bridgehead atoms. The van der Waals surface area contributed by atoms with Gasteiger partial charge in [-0.2, -0.15) is 0 Å². The predicted molar refractivity (Wildman–Crippen MR) is 69.7 cm³/mol. The van der Waals surface area contributed by atoms with Gasteiger partial charge in [-0.05, 0) is 37.8 Å². The van der Waals surface area contributed by atoms with Gasteiger partial charge in [-0.25, -0.2) is 8.78 Å². The largest absolute Gasteiger partial charge is 0.396 e. The van der Waals surface area contributed by atoms with E-state index in [2.05, 4.69) is 0 Å². The third-order valence-electron chi connectivity index (χ3n) is 3.66. The molecule has 104 valence electrons. The average Bonchev–Trinajstić information content (AvgIpc) is 2.42. The summed E-state index contributed by atoms with van der Waals surface area (Å²) in [5.74, 6) is -1.98. The second kappa shape index (κ2) is 5.55. The number of likely N-dealkylation sites (tertiary alicyclic amines) is 1. The van der Waals surface area contributed by atoms with Crippen LogP contribution in [0.4, 0.5) is 14.5 Å². The van der Waals surface area contributed by atoms with E-state index in [1.165, 1.54) is 0 Å². The van der Waals surface area contributed by atoms with Crippen LogP contribution in [-0.4, -0.2) is 23.4 Å². The highest BCUT2D eigenvalue weighted by Gasteiger charge is 2.28. The van der Waals surface area contributed by atoms with Crippen molar-refractivity contribution in [3.05, 3.63) is 29.3 Å². The number of nitrogens with two attached hydrogens (primary N) is 1. The lowest BCUT2D eigenvalue weighted by atomic mass is 9.98. The molecule has 2 rings (SSSR count). The highest BCUT2D eigenvalue weighted by atomic mass is 19.1. The van der Waals surface area contributed by atoms with E-state index in [-0.39, 0.29) is 17.3 Å². The first-order valence-electron chi connectivity index (χ1n) is 6.60. The van der Waals surface area contributed by atoms with Crippen molar-refractivity contribution >= 4 is 11.6 Å². The Kier molecular flexibility index (Phi) is 4.02. The lowest BCUT2D eigenvalue weighted by Crippen LogP contribution is -2.43. The van der Waals surface area contributed by atoms with Crippen LogP contribution in [-0.2, 0) is 0 Å². The molecule has 5 heteroatoms. The van der Waals surface area contributed by atoms with E-state index in [1.54, 1.807) is 4.90 Å². The number of rotatable bonds is 2. The fraction of sp³-hybridized carbons (Fsp3) is 0.500. The molecule has 0 radical (unpaired) electrons. The maximum Gasteiger partial charge on any atom is 0.257 e. The molecule has 2 N–H and O–H groups in total. The average molecular weight is 268 g/mol. The molecule has 0 spiro atoms. The predicted octanol–water partition coefficient (Wildman–Crippen LogP) is 2.95. The summed E-state index contributed by atoms with van der Waals surface area (Å²) in [6, 6.07) is 1.92. The van der Waals surface area contributed by atoms with Gasteiger partial charge in [0.05, 0.1) is 11.3 Å². The summed E-state index contributed by atoms with van der Waals surface area (Å²) < 4.78 is 27.2. The van der Waals surface area contributed by atoms with Crippen LogP contribution < -0.4 is 5.73 Å². The van der Waals surface area contributed by atoms with Gasteiger partial charge in [-0.3, -0.25) is 4.79 Å². The number of hydrogen-bond donors (Lipinski definition) is 1. The van der Waals surface area contributed by atoms with Crippen LogP contribution in [0.15, 0.2) is 12.1 Å². The van der Waals surface area contributed by atoms with E-state index in [0.29, 0.717) is 6.54 Å². The number of carbonyl (C=O) groups is 1. The fourth-order valence-corrected chi connectivity index (χ4v) is 2.61. The van der Waals surface area contributed by atoms with Gasteiger partial charge in [0.2, 0.25) is 0 Å². The van der Waals surface area contributed by atoms with Crippen molar-refractivity contribution in [2.24, 2.45) is 0 Å². The normalized spacial score (nSPS) is 19.5. The molecule has 0 aliphatic carbocycles. The second-order valence-corrected chi connectivity index (χ2v) is 4.91. The van der Waals surface area contributed by atoms with Crippen molar-refractivity contribution < 1.29 is 13.6 Å². The Balaban J connectivity index is 2.33. The third kappa shape index (κ3) is 2.69.